The molecule has 1 radical (unpaired) electrons. The summed E-state index contributed by atoms with van der Waals surface area (Å²) in [5, 5.41) is 0. The number of hydrogen-bond donors (Lipinski definition) is 0. The first-order valence-electron chi connectivity index (χ1n) is 17.4. The van der Waals surface area contributed by atoms with Gasteiger partial charge in [-0.1, -0.05) is 102 Å². The van der Waals surface area contributed by atoms with E-state index >= 15 is 0 Å². The maximum atomic E-state index is 6.51. The minimum Gasteiger partial charge on any atom is -0.503 e. The van der Waals surface area contributed by atoms with E-state index in [1.165, 1.54) is 22.3 Å². The molecule has 2 aromatic heterocycles. The average molecular weight is 847 g/mol. The van der Waals surface area contributed by atoms with Gasteiger partial charge in [-0.2, -0.15) is 0 Å². The number of aromatic nitrogens is 2. The molecule has 0 saturated heterocycles. The molecule has 0 saturated carbocycles. The molecule has 4 heterocycles. The third-order valence-corrected chi connectivity index (χ3v) is 9.25. The maximum Gasteiger partial charge on any atom is 0.241 e. The van der Waals surface area contributed by atoms with E-state index in [1.807, 2.05) is 54.9 Å². The van der Waals surface area contributed by atoms with E-state index in [1.54, 1.807) is 0 Å². The molecule has 0 aliphatic carbocycles. The molecule has 0 atom stereocenters. The van der Waals surface area contributed by atoms with Crippen LogP contribution in [0.1, 0.15) is 63.8 Å². The molecule has 0 fully saturated rings. The first-order valence-corrected chi connectivity index (χ1v) is 17.4. The molecule has 4 aromatic carbocycles. The van der Waals surface area contributed by atoms with Gasteiger partial charge in [-0.05, 0) is 70.9 Å². The van der Waals surface area contributed by atoms with E-state index in [0.29, 0.717) is 0 Å². The predicted octanol–water partition coefficient (Wildman–Crippen LogP) is 9.33. The van der Waals surface area contributed by atoms with Crippen molar-refractivity contribution in [1.82, 2.24) is 9.97 Å². The Bertz CT molecular complexity index is 2200. The fourth-order valence-corrected chi connectivity index (χ4v) is 7.02. The number of para-hydroxylation sites is 1. The fraction of sp³-hybridized carbons (Fsp3) is 0.244. The standard InChI is InChI=1S/C28H23BNO2.C17H20N.Ir/c1-28(2,3)17-18-14-15-30-22(16-18)19-8-6-10-21-27(19)32-25-13-7-12-24-26(25)29(21)20-9-4-5-11-23(20)31-24;1-12-6-8-14(9-7-12)16-10-13(2)15(11-18-16)17(3,4)5;/h4-7,9-16H,17H2,1-3H3;6-8,10-11H,1-5H3;/q2*-1;. The van der Waals surface area contributed by atoms with Crippen molar-refractivity contribution in [2.24, 2.45) is 5.41 Å². The zero-order chi connectivity index (χ0) is 35.2. The largest absolute Gasteiger partial charge is 0.503 e. The van der Waals surface area contributed by atoms with Crippen molar-refractivity contribution in [3.05, 3.63) is 138 Å². The van der Waals surface area contributed by atoms with Crippen molar-refractivity contribution in [2.75, 3.05) is 0 Å². The van der Waals surface area contributed by atoms with Gasteiger partial charge in [0.2, 0.25) is 6.71 Å². The van der Waals surface area contributed by atoms with Crippen LogP contribution < -0.4 is 25.9 Å². The van der Waals surface area contributed by atoms with Crippen molar-refractivity contribution in [3.63, 3.8) is 0 Å². The number of rotatable bonds is 3. The number of nitrogens with zero attached hydrogens (tertiary/aromatic N) is 2. The molecule has 2 aliphatic heterocycles. The van der Waals surface area contributed by atoms with Gasteiger partial charge >= 0.3 is 0 Å². The van der Waals surface area contributed by atoms with Crippen molar-refractivity contribution in [2.45, 2.75) is 67.2 Å². The summed E-state index contributed by atoms with van der Waals surface area (Å²) in [4.78, 5) is 9.27. The van der Waals surface area contributed by atoms with Crippen molar-refractivity contribution < 1.29 is 29.6 Å². The summed E-state index contributed by atoms with van der Waals surface area (Å²) in [5.74, 6) is 3.42. The number of ether oxygens (including phenoxy) is 2. The fourth-order valence-electron chi connectivity index (χ4n) is 7.02. The minimum absolute atomic E-state index is 0. The monoisotopic (exact) mass is 847 g/mol. The SMILES string of the molecule is CC(C)(C)Cc1ccnc(-c2[c-]ccc3c2Oc2cccc4c2B3c2ccccc2O4)c1.Cc1c[c-]c(-c2cc(C)c(C(C)(C)C)cn2)cc1.[Ir]. The molecular formula is C45H43BIrN2O2-2. The summed E-state index contributed by atoms with van der Waals surface area (Å²) in [7, 11) is 0. The first kappa shape index (κ1) is 36.3. The van der Waals surface area contributed by atoms with Gasteiger partial charge in [-0.3, -0.25) is 0 Å². The van der Waals surface area contributed by atoms with Crippen LogP contribution >= 0.6 is 0 Å². The van der Waals surface area contributed by atoms with E-state index in [4.69, 9.17) is 14.5 Å². The second kappa shape index (κ2) is 14.3. The third-order valence-electron chi connectivity index (χ3n) is 9.25. The second-order valence-corrected chi connectivity index (χ2v) is 15.7. The zero-order valence-electron chi connectivity index (χ0n) is 30.6. The van der Waals surface area contributed by atoms with E-state index in [2.05, 4.69) is 121 Å². The van der Waals surface area contributed by atoms with Crippen molar-refractivity contribution in [1.29, 1.82) is 0 Å². The minimum atomic E-state index is 0. The predicted molar refractivity (Wildman–Crippen MR) is 206 cm³/mol. The summed E-state index contributed by atoms with van der Waals surface area (Å²) in [6.45, 7) is 17.7. The van der Waals surface area contributed by atoms with Crippen LogP contribution in [0.5, 0.6) is 23.0 Å². The van der Waals surface area contributed by atoms with Gasteiger partial charge in [0.05, 0.1) is 0 Å². The Morgan fingerprint density at radius 1 is 0.725 bits per heavy atom. The Labute approximate surface area is 317 Å². The first-order chi connectivity index (χ1) is 23.9. The summed E-state index contributed by atoms with van der Waals surface area (Å²) in [5.41, 5.74) is 12.7. The Hall–Kier alpha value is -4.51. The van der Waals surface area contributed by atoms with Gasteiger partial charge in [0.25, 0.3) is 0 Å². The Kier molecular flexibility index (Phi) is 10.1. The molecule has 51 heavy (non-hydrogen) atoms. The van der Waals surface area contributed by atoms with Gasteiger partial charge in [-0.15, -0.1) is 59.1 Å². The zero-order valence-corrected chi connectivity index (χ0v) is 33.0. The van der Waals surface area contributed by atoms with Gasteiger partial charge in [0.15, 0.2) is 0 Å². The average Bonchev–Trinajstić information content (AvgIpc) is 3.07. The molecular weight excluding hydrogens is 804 g/mol. The Morgan fingerprint density at radius 2 is 1.47 bits per heavy atom. The number of aryl methyl sites for hydroxylation is 2. The number of pyridine rings is 2. The molecule has 0 spiro atoms. The van der Waals surface area contributed by atoms with Crippen LogP contribution in [0.25, 0.3) is 22.5 Å². The van der Waals surface area contributed by atoms with Crippen LogP contribution in [0.3, 0.4) is 0 Å². The van der Waals surface area contributed by atoms with Crippen LogP contribution in [0, 0.1) is 31.4 Å². The summed E-state index contributed by atoms with van der Waals surface area (Å²) in [6.07, 6.45) is 4.87. The second-order valence-electron chi connectivity index (χ2n) is 15.7. The molecule has 0 N–H and O–H groups in total. The summed E-state index contributed by atoms with van der Waals surface area (Å²) < 4.78 is 12.7. The normalized spacial score (nSPS) is 12.5. The van der Waals surface area contributed by atoms with Crippen LogP contribution in [0.2, 0.25) is 0 Å². The van der Waals surface area contributed by atoms with E-state index in [0.717, 1.165) is 68.3 Å². The molecule has 8 rings (SSSR count). The van der Waals surface area contributed by atoms with Gasteiger partial charge < -0.3 is 19.4 Å². The van der Waals surface area contributed by atoms with Gasteiger partial charge in [0, 0.05) is 43.7 Å². The number of hydrogen-bond acceptors (Lipinski definition) is 4. The van der Waals surface area contributed by atoms with E-state index in [-0.39, 0.29) is 37.6 Å². The Morgan fingerprint density at radius 3 is 2.18 bits per heavy atom. The molecule has 2 aliphatic rings. The van der Waals surface area contributed by atoms with Crippen molar-refractivity contribution >= 4 is 23.1 Å². The molecule has 259 valence electrons. The van der Waals surface area contributed by atoms with Crippen LogP contribution in [0.4, 0.5) is 0 Å². The van der Waals surface area contributed by atoms with Crippen molar-refractivity contribution in [3.8, 4) is 45.5 Å². The molecule has 6 heteroatoms. The van der Waals surface area contributed by atoms with Crippen LogP contribution in [-0.2, 0) is 31.9 Å². The number of fused-ring (bicyclic) bond motifs is 4. The Balaban J connectivity index is 0.000000202. The third kappa shape index (κ3) is 7.59. The molecule has 0 amide bonds. The molecule has 6 aromatic rings. The van der Waals surface area contributed by atoms with E-state index in [9.17, 15) is 0 Å². The maximum absolute atomic E-state index is 6.51. The number of benzene rings is 4. The topological polar surface area (TPSA) is 44.2 Å². The smallest absolute Gasteiger partial charge is 0.241 e. The summed E-state index contributed by atoms with van der Waals surface area (Å²) >= 11 is 0. The van der Waals surface area contributed by atoms with Gasteiger partial charge in [-0.25, -0.2) is 0 Å². The van der Waals surface area contributed by atoms with Crippen LogP contribution in [-0.4, -0.2) is 16.7 Å². The van der Waals surface area contributed by atoms with E-state index < -0.39 is 0 Å². The van der Waals surface area contributed by atoms with Crippen LogP contribution in [0.15, 0.2) is 103 Å². The quantitative estimate of drug-likeness (QED) is 0.132. The molecule has 4 nitrogen and oxygen atoms in total. The molecule has 0 bridgehead atoms. The molecule has 0 unspecified atom stereocenters. The summed E-state index contributed by atoms with van der Waals surface area (Å²) in [6, 6.07) is 37.7. The van der Waals surface area contributed by atoms with Gasteiger partial charge in [0.1, 0.15) is 17.2 Å².